The van der Waals surface area contributed by atoms with Crippen LogP contribution in [0.4, 0.5) is 5.69 Å². The molecule has 1 rings (SSSR count). The Morgan fingerprint density at radius 2 is 1.86 bits per heavy atom. The summed E-state index contributed by atoms with van der Waals surface area (Å²) in [6.45, 7) is 3.62. The van der Waals surface area contributed by atoms with Crippen LogP contribution in [0.15, 0.2) is 30.3 Å². The Bertz CT molecular complexity index is 448. The number of rotatable bonds is 8. The monoisotopic (exact) mass is 292 g/mol. The quantitative estimate of drug-likeness (QED) is 0.687. The van der Waals surface area contributed by atoms with Crippen LogP contribution in [0.2, 0.25) is 0 Å². The highest BCUT2D eigenvalue weighted by molar-refractivity contribution is 5.94. The van der Waals surface area contributed by atoms with E-state index in [1.165, 1.54) is 7.11 Å². The average molecular weight is 292 g/mol. The second-order valence-electron chi connectivity index (χ2n) is 4.89. The molecule has 116 valence electrons. The molecule has 0 aliphatic rings. The molecule has 0 bridgehead atoms. The lowest BCUT2D eigenvalue weighted by molar-refractivity contribution is -0.140. The van der Waals surface area contributed by atoms with Crippen molar-refractivity contribution in [3.05, 3.63) is 30.3 Å². The maximum absolute atomic E-state index is 12.3. The van der Waals surface area contributed by atoms with Crippen LogP contribution in [-0.4, -0.2) is 50.6 Å². The van der Waals surface area contributed by atoms with Gasteiger partial charge in [-0.05, 0) is 39.1 Å². The molecule has 0 aromatic heterocycles. The van der Waals surface area contributed by atoms with Crippen molar-refractivity contribution in [3.8, 4) is 0 Å². The molecule has 0 saturated heterocycles. The van der Waals surface area contributed by atoms with Gasteiger partial charge in [0.25, 0.3) is 0 Å². The fourth-order valence-corrected chi connectivity index (χ4v) is 2.10. The van der Waals surface area contributed by atoms with Gasteiger partial charge in [0.1, 0.15) is 0 Å². The smallest absolute Gasteiger partial charge is 0.305 e. The first kappa shape index (κ1) is 17.2. The van der Waals surface area contributed by atoms with Gasteiger partial charge in [-0.3, -0.25) is 14.5 Å². The summed E-state index contributed by atoms with van der Waals surface area (Å²) < 4.78 is 4.59. The van der Waals surface area contributed by atoms with Crippen LogP contribution in [0.5, 0.6) is 0 Å². The Morgan fingerprint density at radius 3 is 2.43 bits per heavy atom. The number of methoxy groups -OCH3 is 1. The van der Waals surface area contributed by atoms with Crippen LogP contribution in [0.3, 0.4) is 0 Å². The van der Waals surface area contributed by atoms with Crippen LogP contribution >= 0.6 is 0 Å². The molecule has 21 heavy (non-hydrogen) atoms. The Balaban J connectivity index is 2.45. The summed E-state index contributed by atoms with van der Waals surface area (Å²) in [6.07, 6.45) is 1.07. The molecule has 5 heteroatoms. The largest absolute Gasteiger partial charge is 0.469 e. The maximum atomic E-state index is 12.3. The van der Waals surface area contributed by atoms with Crippen LogP contribution < -0.4 is 4.90 Å². The summed E-state index contributed by atoms with van der Waals surface area (Å²) in [5.74, 6) is -0.154. The lowest BCUT2D eigenvalue weighted by Gasteiger charge is -2.24. The second kappa shape index (κ2) is 9.13. The van der Waals surface area contributed by atoms with Gasteiger partial charge in [0.2, 0.25) is 5.91 Å². The highest BCUT2D eigenvalue weighted by Gasteiger charge is 2.15. The van der Waals surface area contributed by atoms with Crippen molar-refractivity contribution in [2.75, 3.05) is 38.7 Å². The van der Waals surface area contributed by atoms with E-state index in [1.54, 1.807) is 4.90 Å². The van der Waals surface area contributed by atoms with Crippen molar-refractivity contribution in [2.24, 2.45) is 0 Å². The minimum atomic E-state index is -0.214. The van der Waals surface area contributed by atoms with E-state index in [9.17, 15) is 9.59 Å². The van der Waals surface area contributed by atoms with E-state index in [0.717, 1.165) is 5.69 Å². The molecule has 1 aromatic rings. The summed E-state index contributed by atoms with van der Waals surface area (Å²) in [5, 5.41) is 0. The van der Waals surface area contributed by atoms with Crippen molar-refractivity contribution < 1.29 is 14.3 Å². The first-order valence-electron chi connectivity index (χ1n) is 7.19. The summed E-state index contributed by atoms with van der Waals surface area (Å²) in [6, 6.07) is 9.63. The van der Waals surface area contributed by atoms with Crippen molar-refractivity contribution in [2.45, 2.75) is 19.8 Å². The Hall–Kier alpha value is -1.88. The van der Waals surface area contributed by atoms with Crippen LogP contribution in [0.25, 0.3) is 0 Å². The Kier molecular flexibility index (Phi) is 7.46. The molecule has 0 atom stereocenters. The van der Waals surface area contributed by atoms with E-state index in [1.807, 2.05) is 49.2 Å². The first-order valence-corrected chi connectivity index (χ1v) is 7.19. The molecule has 5 nitrogen and oxygen atoms in total. The molecule has 0 fully saturated rings. The molecular formula is C16H24N2O3. The number of esters is 1. The van der Waals surface area contributed by atoms with Gasteiger partial charge in [0, 0.05) is 18.7 Å². The van der Waals surface area contributed by atoms with E-state index in [0.29, 0.717) is 32.5 Å². The third-order valence-electron chi connectivity index (χ3n) is 3.24. The van der Waals surface area contributed by atoms with Crippen molar-refractivity contribution in [1.82, 2.24) is 4.90 Å². The van der Waals surface area contributed by atoms with Crippen molar-refractivity contribution >= 4 is 17.6 Å². The number of anilines is 1. The van der Waals surface area contributed by atoms with E-state index >= 15 is 0 Å². The Labute approximate surface area is 126 Å². The SMILES string of the molecule is CCN(C(=O)CN(C)CCCC(=O)OC)c1ccccc1. The molecule has 0 saturated carbocycles. The van der Waals surface area contributed by atoms with E-state index in [-0.39, 0.29) is 11.9 Å². The third kappa shape index (κ3) is 5.95. The number of nitrogens with zero attached hydrogens (tertiary/aromatic N) is 2. The van der Waals surface area contributed by atoms with E-state index in [4.69, 9.17) is 0 Å². The third-order valence-corrected chi connectivity index (χ3v) is 3.24. The summed E-state index contributed by atoms with van der Waals surface area (Å²) in [5.41, 5.74) is 0.910. The lowest BCUT2D eigenvalue weighted by atomic mass is 10.2. The number of likely N-dealkylation sites (N-methyl/N-ethyl adjacent to an activating group) is 2. The van der Waals surface area contributed by atoms with Crippen LogP contribution in [-0.2, 0) is 14.3 Å². The average Bonchev–Trinajstić information content (AvgIpc) is 2.48. The summed E-state index contributed by atoms with van der Waals surface area (Å²) in [7, 11) is 3.27. The van der Waals surface area contributed by atoms with Gasteiger partial charge in [0.15, 0.2) is 0 Å². The van der Waals surface area contributed by atoms with Gasteiger partial charge in [-0.25, -0.2) is 0 Å². The number of amides is 1. The number of ether oxygens (including phenoxy) is 1. The van der Waals surface area contributed by atoms with Gasteiger partial charge >= 0.3 is 5.97 Å². The van der Waals surface area contributed by atoms with Gasteiger partial charge in [-0.1, -0.05) is 18.2 Å². The highest BCUT2D eigenvalue weighted by Crippen LogP contribution is 2.13. The minimum Gasteiger partial charge on any atom is -0.469 e. The zero-order chi connectivity index (χ0) is 15.7. The van der Waals surface area contributed by atoms with Crippen LogP contribution in [0, 0.1) is 0 Å². The number of hydrogen-bond acceptors (Lipinski definition) is 4. The number of benzene rings is 1. The summed E-state index contributed by atoms with van der Waals surface area (Å²) in [4.78, 5) is 27.1. The zero-order valence-electron chi connectivity index (χ0n) is 13.0. The van der Waals surface area contributed by atoms with Gasteiger partial charge in [0.05, 0.1) is 13.7 Å². The molecule has 0 N–H and O–H groups in total. The van der Waals surface area contributed by atoms with Gasteiger partial charge in [-0.15, -0.1) is 0 Å². The number of carbonyl (C=O) groups excluding carboxylic acids is 2. The number of carbonyl (C=O) groups is 2. The molecule has 0 unspecified atom stereocenters. The highest BCUT2D eigenvalue weighted by atomic mass is 16.5. The van der Waals surface area contributed by atoms with Crippen molar-refractivity contribution in [1.29, 1.82) is 0 Å². The minimum absolute atomic E-state index is 0.0595. The summed E-state index contributed by atoms with van der Waals surface area (Å²) >= 11 is 0. The molecule has 1 aromatic carbocycles. The number of para-hydroxylation sites is 1. The molecule has 1 amide bonds. The predicted octanol–water partition coefficient (Wildman–Crippen LogP) is 1.92. The lowest BCUT2D eigenvalue weighted by Crippen LogP contribution is -2.39. The van der Waals surface area contributed by atoms with Crippen LogP contribution in [0.1, 0.15) is 19.8 Å². The fraction of sp³-hybridized carbons (Fsp3) is 0.500. The molecule has 0 aliphatic heterocycles. The predicted molar refractivity (Wildman–Crippen MR) is 83.2 cm³/mol. The molecular weight excluding hydrogens is 268 g/mol. The fourth-order valence-electron chi connectivity index (χ4n) is 2.10. The molecule has 0 heterocycles. The molecule has 0 radical (unpaired) electrons. The normalized spacial score (nSPS) is 10.5. The Morgan fingerprint density at radius 1 is 1.19 bits per heavy atom. The van der Waals surface area contributed by atoms with Gasteiger partial charge < -0.3 is 9.64 Å². The topological polar surface area (TPSA) is 49.9 Å². The maximum Gasteiger partial charge on any atom is 0.305 e. The molecule has 0 spiro atoms. The van der Waals surface area contributed by atoms with E-state index in [2.05, 4.69) is 4.74 Å². The molecule has 0 aliphatic carbocycles. The first-order chi connectivity index (χ1) is 10.1. The standard InChI is InChI=1S/C16H24N2O3/c1-4-18(14-9-6-5-7-10-14)15(19)13-17(2)12-8-11-16(20)21-3/h5-7,9-10H,4,8,11-13H2,1-3H3. The zero-order valence-corrected chi connectivity index (χ0v) is 13.0. The number of hydrogen-bond donors (Lipinski definition) is 0. The van der Waals surface area contributed by atoms with Crippen molar-refractivity contribution in [3.63, 3.8) is 0 Å². The second-order valence-corrected chi connectivity index (χ2v) is 4.89. The van der Waals surface area contributed by atoms with Gasteiger partial charge in [-0.2, -0.15) is 0 Å². The van der Waals surface area contributed by atoms with E-state index < -0.39 is 0 Å².